The number of ether oxygens (including phenoxy) is 2. The summed E-state index contributed by atoms with van der Waals surface area (Å²) in [6.07, 6.45) is 4.64. The average molecular weight is 263 g/mol. The molecule has 0 amide bonds. The van der Waals surface area contributed by atoms with E-state index < -0.39 is 0 Å². The second kappa shape index (κ2) is 6.98. The number of aromatic nitrogens is 2. The Morgan fingerprint density at radius 2 is 2.29 bits per heavy atom. The molecule has 14 heavy (non-hydrogen) atoms. The van der Waals surface area contributed by atoms with Crippen molar-refractivity contribution in [1.29, 1.82) is 0 Å². The van der Waals surface area contributed by atoms with Crippen LogP contribution in [0.1, 0.15) is 6.42 Å². The lowest BCUT2D eigenvalue weighted by Gasteiger charge is -2.03. The van der Waals surface area contributed by atoms with Gasteiger partial charge in [-0.05, 0) is 22.4 Å². The molecule has 0 saturated carbocycles. The summed E-state index contributed by atoms with van der Waals surface area (Å²) >= 11 is 3.33. The van der Waals surface area contributed by atoms with Gasteiger partial charge in [-0.15, -0.1) is 0 Å². The monoisotopic (exact) mass is 262 g/mol. The quantitative estimate of drug-likeness (QED) is 0.702. The van der Waals surface area contributed by atoms with Crippen LogP contribution in [0.3, 0.4) is 0 Å². The van der Waals surface area contributed by atoms with Gasteiger partial charge in [0.1, 0.15) is 0 Å². The van der Waals surface area contributed by atoms with Crippen molar-refractivity contribution in [3.63, 3.8) is 0 Å². The summed E-state index contributed by atoms with van der Waals surface area (Å²) in [5, 5.41) is 4.11. The molecular weight excluding hydrogens is 248 g/mol. The van der Waals surface area contributed by atoms with Crippen molar-refractivity contribution in [2.45, 2.75) is 13.0 Å². The van der Waals surface area contributed by atoms with Crippen LogP contribution in [0.15, 0.2) is 16.9 Å². The molecule has 0 aliphatic carbocycles. The summed E-state index contributed by atoms with van der Waals surface area (Å²) < 4.78 is 13.1. The molecule has 0 aromatic carbocycles. The molecule has 0 fully saturated rings. The van der Waals surface area contributed by atoms with Crippen LogP contribution in [0, 0.1) is 0 Å². The first-order chi connectivity index (χ1) is 6.83. The Morgan fingerprint density at radius 1 is 1.43 bits per heavy atom. The molecule has 0 spiro atoms. The lowest BCUT2D eigenvalue weighted by atomic mass is 10.5. The summed E-state index contributed by atoms with van der Waals surface area (Å²) in [6, 6.07) is 0. The molecule has 0 aliphatic heterocycles. The van der Waals surface area contributed by atoms with Gasteiger partial charge in [0.05, 0.1) is 23.8 Å². The molecule has 0 bridgehead atoms. The maximum atomic E-state index is 5.39. The molecule has 0 saturated heterocycles. The van der Waals surface area contributed by atoms with E-state index in [0.717, 1.165) is 30.7 Å². The van der Waals surface area contributed by atoms with Crippen molar-refractivity contribution >= 4 is 15.9 Å². The fraction of sp³-hybridized carbons (Fsp3) is 0.667. The molecule has 0 aliphatic rings. The Morgan fingerprint density at radius 3 is 2.93 bits per heavy atom. The SMILES string of the molecule is COCCCOCCn1cc(Br)cn1. The maximum absolute atomic E-state index is 5.39. The van der Waals surface area contributed by atoms with E-state index in [4.69, 9.17) is 9.47 Å². The Bertz CT molecular complexity index is 253. The van der Waals surface area contributed by atoms with E-state index in [0.29, 0.717) is 6.61 Å². The van der Waals surface area contributed by atoms with Crippen molar-refractivity contribution in [2.24, 2.45) is 0 Å². The second-order valence-corrected chi connectivity index (χ2v) is 3.80. The van der Waals surface area contributed by atoms with E-state index in [1.54, 1.807) is 13.3 Å². The molecule has 1 rings (SSSR count). The Labute approximate surface area is 92.3 Å². The molecule has 1 aromatic heterocycles. The summed E-state index contributed by atoms with van der Waals surface area (Å²) in [5.41, 5.74) is 0. The van der Waals surface area contributed by atoms with Crippen molar-refractivity contribution < 1.29 is 9.47 Å². The van der Waals surface area contributed by atoms with Gasteiger partial charge in [-0.2, -0.15) is 5.10 Å². The van der Waals surface area contributed by atoms with Crippen LogP contribution in [0.25, 0.3) is 0 Å². The molecule has 0 unspecified atom stereocenters. The predicted octanol–water partition coefficient (Wildman–Crippen LogP) is 1.70. The van der Waals surface area contributed by atoms with Gasteiger partial charge in [-0.3, -0.25) is 4.68 Å². The highest BCUT2D eigenvalue weighted by Crippen LogP contribution is 2.05. The van der Waals surface area contributed by atoms with Gasteiger partial charge >= 0.3 is 0 Å². The largest absolute Gasteiger partial charge is 0.385 e. The number of methoxy groups -OCH3 is 1. The van der Waals surface area contributed by atoms with Gasteiger partial charge in [0, 0.05) is 26.5 Å². The van der Waals surface area contributed by atoms with Crippen LogP contribution in [0.4, 0.5) is 0 Å². The van der Waals surface area contributed by atoms with E-state index in [9.17, 15) is 0 Å². The highest BCUT2D eigenvalue weighted by atomic mass is 79.9. The van der Waals surface area contributed by atoms with E-state index in [-0.39, 0.29) is 0 Å². The first-order valence-corrected chi connectivity index (χ1v) is 5.37. The Balaban J connectivity index is 1.99. The van der Waals surface area contributed by atoms with Crippen LogP contribution in [0.2, 0.25) is 0 Å². The van der Waals surface area contributed by atoms with Crippen LogP contribution >= 0.6 is 15.9 Å². The standard InChI is InChI=1S/C9H15BrN2O2/c1-13-4-2-5-14-6-3-12-8-9(10)7-11-12/h7-8H,2-6H2,1H3. The predicted molar refractivity (Wildman–Crippen MR) is 57.2 cm³/mol. The highest BCUT2D eigenvalue weighted by molar-refractivity contribution is 9.10. The Hall–Kier alpha value is -0.390. The summed E-state index contributed by atoms with van der Waals surface area (Å²) in [4.78, 5) is 0. The smallest absolute Gasteiger partial charge is 0.0662 e. The van der Waals surface area contributed by atoms with E-state index >= 15 is 0 Å². The van der Waals surface area contributed by atoms with Crippen molar-refractivity contribution in [2.75, 3.05) is 26.9 Å². The minimum absolute atomic E-state index is 0.692. The second-order valence-electron chi connectivity index (χ2n) is 2.88. The minimum Gasteiger partial charge on any atom is -0.385 e. The van der Waals surface area contributed by atoms with Crippen LogP contribution in [-0.4, -0.2) is 36.7 Å². The van der Waals surface area contributed by atoms with Crippen molar-refractivity contribution in [3.05, 3.63) is 16.9 Å². The zero-order chi connectivity index (χ0) is 10.2. The molecule has 0 N–H and O–H groups in total. The minimum atomic E-state index is 0.692. The molecule has 1 aromatic rings. The van der Waals surface area contributed by atoms with Crippen molar-refractivity contribution in [3.8, 4) is 0 Å². The van der Waals surface area contributed by atoms with Gasteiger partial charge < -0.3 is 9.47 Å². The molecular formula is C9H15BrN2O2. The van der Waals surface area contributed by atoms with Gasteiger partial charge in [0.25, 0.3) is 0 Å². The summed E-state index contributed by atoms with van der Waals surface area (Å²) in [6.45, 7) is 2.99. The van der Waals surface area contributed by atoms with Gasteiger partial charge in [0.15, 0.2) is 0 Å². The Kier molecular flexibility index (Phi) is 5.82. The molecule has 5 heteroatoms. The lowest BCUT2D eigenvalue weighted by molar-refractivity contribution is 0.0961. The first kappa shape index (κ1) is 11.7. The third-order valence-electron chi connectivity index (χ3n) is 1.70. The number of hydrogen-bond acceptors (Lipinski definition) is 3. The highest BCUT2D eigenvalue weighted by Gasteiger charge is 1.94. The summed E-state index contributed by atoms with van der Waals surface area (Å²) in [7, 11) is 1.70. The van der Waals surface area contributed by atoms with Crippen LogP contribution < -0.4 is 0 Å². The topological polar surface area (TPSA) is 36.3 Å². The zero-order valence-corrected chi connectivity index (χ0v) is 9.87. The lowest BCUT2D eigenvalue weighted by Crippen LogP contribution is -2.08. The van der Waals surface area contributed by atoms with Gasteiger partial charge in [0.2, 0.25) is 0 Å². The zero-order valence-electron chi connectivity index (χ0n) is 8.28. The van der Waals surface area contributed by atoms with Crippen LogP contribution in [-0.2, 0) is 16.0 Å². The number of rotatable bonds is 7. The van der Waals surface area contributed by atoms with E-state index in [1.165, 1.54) is 0 Å². The fourth-order valence-electron chi connectivity index (χ4n) is 1.03. The average Bonchev–Trinajstić information content (AvgIpc) is 2.58. The van der Waals surface area contributed by atoms with E-state index in [1.807, 2.05) is 10.9 Å². The van der Waals surface area contributed by atoms with Crippen LogP contribution in [0.5, 0.6) is 0 Å². The maximum Gasteiger partial charge on any atom is 0.0662 e. The molecule has 4 nitrogen and oxygen atoms in total. The van der Waals surface area contributed by atoms with Gasteiger partial charge in [-0.1, -0.05) is 0 Å². The molecule has 1 heterocycles. The van der Waals surface area contributed by atoms with E-state index in [2.05, 4.69) is 21.0 Å². The summed E-state index contributed by atoms with van der Waals surface area (Å²) in [5.74, 6) is 0. The molecule has 80 valence electrons. The normalized spacial score (nSPS) is 10.7. The third-order valence-corrected chi connectivity index (χ3v) is 2.11. The first-order valence-electron chi connectivity index (χ1n) is 4.57. The van der Waals surface area contributed by atoms with Crippen molar-refractivity contribution in [1.82, 2.24) is 9.78 Å². The third kappa shape index (κ3) is 4.74. The molecule has 0 atom stereocenters. The van der Waals surface area contributed by atoms with Gasteiger partial charge in [-0.25, -0.2) is 0 Å². The number of hydrogen-bond donors (Lipinski definition) is 0. The number of halogens is 1. The molecule has 0 radical (unpaired) electrons. The number of nitrogens with zero attached hydrogens (tertiary/aromatic N) is 2. The fourth-order valence-corrected chi connectivity index (χ4v) is 1.35.